The van der Waals surface area contributed by atoms with Gasteiger partial charge in [0.25, 0.3) is 0 Å². The Morgan fingerprint density at radius 1 is 1.60 bits per heavy atom. The molecule has 1 aliphatic rings. The summed E-state index contributed by atoms with van der Waals surface area (Å²) < 4.78 is 13.3. The van der Waals surface area contributed by atoms with Gasteiger partial charge in [0, 0.05) is 23.0 Å². The number of nitrogens with zero attached hydrogens (tertiary/aromatic N) is 1. The highest BCUT2D eigenvalue weighted by Crippen LogP contribution is 2.45. The third-order valence-corrected chi connectivity index (χ3v) is 3.99. The van der Waals surface area contributed by atoms with Crippen molar-refractivity contribution in [3.63, 3.8) is 0 Å². The summed E-state index contributed by atoms with van der Waals surface area (Å²) in [5, 5.41) is 3.33. The Morgan fingerprint density at radius 3 is 2.87 bits per heavy atom. The molecule has 0 aliphatic heterocycles. The van der Waals surface area contributed by atoms with Crippen LogP contribution in [-0.4, -0.2) is 16.4 Å². The summed E-state index contributed by atoms with van der Waals surface area (Å²) in [6.45, 7) is 4.18. The SMILES string of the molecule is CC1(C)C(Cl)CC1Nc1ccncc1F. The molecule has 1 aromatic rings. The van der Waals surface area contributed by atoms with Crippen molar-refractivity contribution in [2.75, 3.05) is 5.32 Å². The Labute approximate surface area is 93.9 Å². The van der Waals surface area contributed by atoms with Gasteiger partial charge in [0.2, 0.25) is 0 Å². The van der Waals surface area contributed by atoms with Crippen LogP contribution >= 0.6 is 11.6 Å². The van der Waals surface area contributed by atoms with Gasteiger partial charge < -0.3 is 5.32 Å². The van der Waals surface area contributed by atoms with Gasteiger partial charge in [0.15, 0.2) is 5.82 Å². The van der Waals surface area contributed by atoms with Crippen LogP contribution in [0.2, 0.25) is 0 Å². The maximum Gasteiger partial charge on any atom is 0.164 e. The molecular formula is C11H14ClFN2. The Bertz CT molecular complexity index is 367. The van der Waals surface area contributed by atoms with E-state index in [1.165, 1.54) is 6.20 Å². The average molecular weight is 229 g/mol. The summed E-state index contributed by atoms with van der Waals surface area (Å²) in [6, 6.07) is 1.88. The molecule has 0 bridgehead atoms. The second-order valence-corrected chi connectivity index (χ2v) is 5.10. The van der Waals surface area contributed by atoms with E-state index in [4.69, 9.17) is 11.6 Å². The number of aromatic nitrogens is 1. The van der Waals surface area contributed by atoms with Crippen LogP contribution in [0.15, 0.2) is 18.5 Å². The summed E-state index contributed by atoms with van der Waals surface area (Å²) >= 11 is 6.10. The van der Waals surface area contributed by atoms with Crippen molar-refractivity contribution in [2.45, 2.75) is 31.7 Å². The Hall–Kier alpha value is -0.830. The number of anilines is 1. The summed E-state index contributed by atoms with van der Waals surface area (Å²) in [5.74, 6) is -0.314. The van der Waals surface area contributed by atoms with Crippen molar-refractivity contribution in [1.29, 1.82) is 0 Å². The third kappa shape index (κ3) is 1.81. The first-order valence-electron chi connectivity index (χ1n) is 5.02. The van der Waals surface area contributed by atoms with E-state index in [2.05, 4.69) is 24.1 Å². The van der Waals surface area contributed by atoms with Crippen LogP contribution in [0, 0.1) is 11.2 Å². The van der Waals surface area contributed by atoms with Crippen molar-refractivity contribution in [3.8, 4) is 0 Å². The van der Waals surface area contributed by atoms with E-state index in [9.17, 15) is 4.39 Å². The predicted octanol–water partition coefficient (Wildman–Crippen LogP) is 3.04. The number of rotatable bonds is 2. The fourth-order valence-electron chi connectivity index (χ4n) is 1.80. The second-order valence-electron chi connectivity index (χ2n) is 4.58. The largest absolute Gasteiger partial charge is 0.379 e. The molecule has 1 N–H and O–H groups in total. The average Bonchev–Trinajstić information content (AvgIpc) is 2.20. The summed E-state index contributed by atoms with van der Waals surface area (Å²) in [6.07, 6.45) is 3.66. The van der Waals surface area contributed by atoms with E-state index < -0.39 is 0 Å². The molecular weight excluding hydrogens is 215 g/mol. The van der Waals surface area contributed by atoms with Crippen molar-refractivity contribution < 1.29 is 4.39 Å². The molecule has 4 heteroatoms. The van der Waals surface area contributed by atoms with E-state index in [0.29, 0.717) is 5.69 Å². The lowest BCUT2D eigenvalue weighted by Crippen LogP contribution is -2.54. The van der Waals surface area contributed by atoms with Gasteiger partial charge >= 0.3 is 0 Å². The van der Waals surface area contributed by atoms with Crippen LogP contribution < -0.4 is 5.32 Å². The standard InChI is InChI=1S/C11H14ClFN2/c1-11(2)9(12)5-10(11)15-8-3-4-14-6-7(8)13/h3-4,6,9-10H,5H2,1-2H3,(H,14,15). The van der Waals surface area contributed by atoms with Crippen molar-refractivity contribution >= 4 is 17.3 Å². The molecule has 1 fully saturated rings. The molecule has 0 amide bonds. The molecule has 15 heavy (non-hydrogen) atoms. The molecule has 2 unspecified atom stereocenters. The highest BCUT2D eigenvalue weighted by atomic mass is 35.5. The van der Waals surface area contributed by atoms with Crippen LogP contribution in [0.4, 0.5) is 10.1 Å². The minimum atomic E-state index is -0.314. The molecule has 0 aromatic carbocycles. The molecule has 1 heterocycles. The van der Waals surface area contributed by atoms with Gasteiger partial charge in [-0.1, -0.05) is 13.8 Å². The molecule has 0 radical (unpaired) electrons. The fraction of sp³-hybridized carbons (Fsp3) is 0.545. The molecule has 0 saturated heterocycles. The van der Waals surface area contributed by atoms with E-state index >= 15 is 0 Å². The van der Waals surface area contributed by atoms with E-state index in [1.807, 2.05) is 0 Å². The van der Waals surface area contributed by atoms with Crippen molar-refractivity contribution in [2.24, 2.45) is 5.41 Å². The molecule has 2 atom stereocenters. The number of hydrogen-bond acceptors (Lipinski definition) is 2. The fourth-order valence-corrected chi connectivity index (χ4v) is 2.13. The van der Waals surface area contributed by atoms with E-state index in [1.54, 1.807) is 12.3 Å². The molecule has 1 aliphatic carbocycles. The van der Waals surface area contributed by atoms with Gasteiger partial charge in [0.1, 0.15) is 0 Å². The number of nitrogens with one attached hydrogen (secondary N) is 1. The molecule has 82 valence electrons. The smallest absolute Gasteiger partial charge is 0.164 e. The van der Waals surface area contributed by atoms with Gasteiger partial charge in [-0.3, -0.25) is 4.98 Å². The highest BCUT2D eigenvalue weighted by Gasteiger charge is 2.47. The first-order valence-corrected chi connectivity index (χ1v) is 5.45. The number of alkyl halides is 1. The van der Waals surface area contributed by atoms with E-state index in [0.717, 1.165) is 6.42 Å². The lowest BCUT2D eigenvalue weighted by molar-refractivity contribution is 0.168. The van der Waals surface area contributed by atoms with Crippen LogP contribution in [0.25, 0.3) is 0 Å². The van der Waals surface area contributed by atoms with Crippen molar-refractivity contribution in [1.82, 2.24) is 4.98 Å². The van der Waals surface area contributed by atoms with Crippen molar-refractivity contribution in [3.05, 3.63) is 24.3 Å². The minimum absolute atomic E-state index is 0.0112. The topological polar surface area (TPSA) is 24.9 Å². The summed E-state index contributed by atoms with van der Waals surface area (Å²) in [5.41, 5.74) is 0.517. The highest BCUT2D eigenvalue weighted by molar-refractivity contribution is 6.21. The van der Waals surface area contributed by atoms with E-state index in [-0.39, 0.29) is 22.7 Å². The zero-order valence-corrected chi connectivity index (χ0v) is 9.55. The molecule has 1 saturated carbocycles. The monoisotopic (exact) mass is 228 g/mol. The van der Waals surface area contributed by atoms with Gasteiger partial charge in [-0.05, 0) is 12.5 Å². The zero-order valence-electron chi connectivity index (χ0n) is 8.80. The number of pyridine rings is 1. The Balaban J connectivity index is 2.08. The Kier molecular flexibility index (Phi) is 2.59. The normalized spacial score (nSPS) is 28.3. The Morgan fingerprint density at radius 2 is 2.33 bits per heavy atom. The minimum Gasteiger partial charge on any atom is -0.379 e. The molecule has 1 aromatic heterocycles. The maximum atomic E-state index is 13.3. The van der Waals surface area contributed by atoms with Gasteiger partial charge in [0.05, 0.1) is 11.9 Å². The third-order valence-electron chi connectivity index (χ3n) is 3.25. The number of hydrogen-bond donors (Lipinski definition) is 1. The summed E-state index contributed by atoms with van der Waals surface area (Å²) in [7, 11) is 0. The lowest BCUT2D eigenvalue weighted by atomic mass is 9.66. The van der Waals surface area contributed by atoms with Crippen LogP contribution in [0.1, 0.15) is 20.3 Å². The maximum absolute atomic E-state index is 13.3. The quantitative estimate of drug-likeness (QED) is 0.787. The first-order chi connectivity index (χ1) is 7.01. The first kappa shape index (κ1) is 10.7. The van der Waals surface area contributed by atoms with Gasteiger partial charge in [-0.25, -0.2) is 4.39 Å². The van der Waals surface area contributed by atoms with Crippen LogP contribution in [-0.2, 0) is 0 Å². The zero-order chi connectivity index (χ0) is 11.1. The molecule has 0 spiro atoms. The molecule has 2 rings (SSSR count). The van der Waals surface area contributed by atoms with Gasteiger partial charge in [-0.2, -0.15) is 0 Å². The van der Waals surface area contributed by atoms with Crippen LogP contribution in [0.5, 0.6) is 0 Å². The summed E-state index contributed by atoms with van der Waals surface area (Å²) in [4.78, 5) is 3.71. The lowest BCUT2D eigenvalue weighted by Gasteiger charge is -2.49. The van der Waals surface area contributed by atoms with Gasteiger partial charge in [-0.15, -0.1) is 11.6 Å². The second kappa shape index (κ2) is 3.63. The number of halogens is 2. The molecule has 2 nitrogen and oxygen atoms in total. The van der Waals surface area contributed by atoms with Crippen LogP contribution in [0.3, 0.4) is 0 Å². The predicted molar refractivity (Wildman–Crippen MR) is 59.6 cm³/mol.